The lowest BCUT2D eigenvalue weighted by Crippen LogP contribution is -2.53. The minimum Gasteiger partial charge on any atom is -0.508 e. The number of phenols is 1. The lowest BCUT2D eigenvalue weighted by Gasteiger charge is -2.62. The van der Waals surface area contributed by atoms with Crippen LogP contribution in [0.3, 0.4) is 0 Å². The molecule has 286 valence electrons. The number of esters is 2. The molecule has 4 aliphatic carbocycles. The minimum atomic E-state index is -0.471. The second-order valence-electron chi connectivity index (χ2n) is 17.6. The Morgan fingerprint density at radius 2 is 1.27 bits per heavy atom. The fourth-order valence-corrected chi connectivity index (χ4v) is 8.70. The minimum absolute atomic E-state index is 0.0556. The number of benzene rings is 2. The number of carbonyl (C=O) groups excluding carboxylic acids is 2. The van der Waals surface area contributed by atoms with Gasteiger partial charge in [0.25, 0.3) is 0 Å². The molecule has 4 saturated carbocycles. The molecule has 4 aliphatic rings. The van der Waals surface area contributed by atoms with Gasteiger partial charge in [0.2, 0.25) is 0 Å². The Labute approximate surface area is 310 Å². The highest BCUT2D eigenvalue weighted by atomic mass is 16.6. The van der Waals surface area contributed by atoms with Crippen molar-refractivity contribution in [2.45, 2.75) is 151 Å². The van der Waals surface area contributed by atoms with E-state index in [2.05, 4.69) is 48.5 Å². The van der Waals surface area contributed by atoms with Gasteiger partial charge in [-0.3, -0.25) is 4.79 Å². The van der Waals surface area contributed by atoms with E-state index >= 15 is 0 Å². The van der Waals surface area contributed by atoms with Crippen LogP contribution < -0.4 is 4.74 Å². The molecular formula is C45H70O6. The zero-order valence-corrected chi connectivity index (χ0v) is 33.8. The Morgan fingerprint density at radius 3 is 1.69 bits per heavy atom. The summed E-state index contributed by atoms with van der Waals surface area (Å²) in [7, 11) is 0. The predicted molar refractivity (Wildman–Crippen MR) is 208 cm³/mol. The summed E-state index contributed by atoms with van der Waals surface area (Å²) in [5.41, 5.74) is 2.74. The molecule has 0 spiro atoms. The summed E-state index contributed by atoms with van der Waals surface area (Å²) in [6.07, 6.45) is 12.0. The van der Waals surface area contributed by atoms with Crippen molar-refractivity contribution in [1.29, 1.82) is 0 Å². The molecule has 0 radical (unpaired) electrons. The van der Waals surface area contributed by atoms with Crippen molar-refractivity contribution in [3.63, 3.8) is 0 Å². The van der Waals surface area contributed by atoms with Gasteiger partial charge in [-0.15, -0.1) is 0 Å². The molecule has 6 rings (SSSR count). The van der Waals surface area contributed by atoms with Gasteiger partial charge in [-0.2, -0.15) is 0 Å². The molecule has 0 aromatic heterocycles. The first-order valence-corrected chi connectivity index (χ1v) is 19.8. The summed E-state index contributed by atoms with van der Waals surface area (Å²) in [6.45, 7) is 23.4. The standard InChI is InChI=1S/C19H32O2.C16H24O3.C10H14O/c1-5-18(3,12-21-13(2)20)11-19(4)16-7-14-6-15(9-16)10-17(19)8-14;1-6-12(2)13-7-9-14(10-8-13)18-11-15(17)19-16(3,4)5;1-3-8(2)9-4-6-10(11)7-5-9/h14-17H,5-12H2,1-4H3;7-10,12H,6,11H2,1-5H3;4-8,11H,3H2,1-2H3. The van der Waals surface area contributed by atoms with Crippen molar-refractivity contribution in [2.75, 3.05) is 13.2 Å². The van der Waals surface area contributed by atoms with Crippen LogP contribution in [0.4, 0.5) is 0 Å². The van der Waals surface area contributed by atoms with E-state index in [0.717, 1.165) is 42.9 Å². The Morgan fingerprint density at radius 1 is 0.804 bits per heavy atom. The van der Waals surface area contributed by atoms with Crippen molar-refractivity contribution >= 4 is 11.9 Å². The molecule has 51 heavy (non-hydrogen) atoms. The van der Waals surface area contributed by atoms with E-state index < -0.39 is 5.60 Å². The van der Waals surface area contributed by atoms with E-state index in [-0.39, 0.29) is 24.0 Å². The second kappa shape index (κ2) is 18.6. The first-order chi connectivity index (χ1) is 23.9. The van der Waals surface area contributed by atoms with Crippen LogP contribution in [0.25, 0.3) is 0 Å². The summed E-state index contributed by atoms with van der Waals surface area (Å²) in [5.74, 6) is 5.60. The average Bonchev–Trinajstić information content (AvgIpc) is 3.08. The van der Waals surface area contributed by atoms with Crippen molar-refractivity contribution in [1.82, 2.24) is 0 Å². The molecule has 2 aromatic rings. The van der Waals surface area contributed by atoms with Crippen LogP contribution in [0.1, 0.15) is 157 Å². The smallest absolute Gasteiger partial charge is 0.344 e. The SMILES string of the molecule is CCC(C)(COC(C)=O)CC1(C)C2CC3CC(C2)CC1C3.CCC(C)c1ccc(O)cc1.CCC(C)c1ccc(OCC(=O)OC(C)(C)C)cc1. The molecule has 0 saturated heterocycles. The lowest BCUT2D eigenvalue weighted by atomic mass is 9.43. The fraction of sp³-hybridized carbons (Fsp3) is 0.689. The summed E-state index contributed by atoms with van der Waals surface area (Å²) in [6, 6.07) is 15.3. The summed E-state index contributed by atoms with van der Waals surface area (Å²) >= 11 is 0. The maximum Gasteiger partial charge on any atom is 0.344 e. The highest BCUT2D eigenvalue weighted by Crippen LogP contribution is 2.65. The fourth-order valence-electron chi connectivity index (χ4n) is 8.70. The third-order valence-corrected chi connectivity index (χ3v) is 12.2. The maximum absolute atomic E-state index is 11.5. The number of hydrogen-bond donors (Lipinski definition) is 1. The van der Waals surface area contributed by atoms with Gasteiger partial charge < -0.3 is 19.3 Å². The molecule has 6 heteroatoms. The monoisotopic (exact) mass is 707 g/mol. The van der Waals surface area contributed by atoms with E-state index in [1.165, 1.54) is 56.6 Å². The molecular weight excluding hydrogens is 636 g/mol. The highest BCUT2D eigenvalue weighted by Gasteiger charge is 2.56. The first-order valence-electron chi connectivity index (χ1n) is 19.8. The van der Waals surface area contributed by atoms with Gasteiger partial charge in [0.15, 0.2) is 6.61 Å². The van der Waals surface area contributed by atoms with Crippen molar-refractivity contribution < 1.29 is 28.9 Å². The molecule has 4 fully saturated rings. The molecule has 4 bridgehead atoms. The maximum atomic E-state index is 11.5. The highest BCUT2D eigenvalue weighted by molar-refractivity contribution is 5.71. The molecule has 0 amide bonds. The predicted octanol–water partition coefficient (Wildman–Crippen LogP) is 11.6. The molecule has 0 aliphatic heterocycles. The van der Waals surface area contributed by atoms with Crippen LogP contribution in [-0.2, 0) is 19.1 Å². The van der Waals surface area contributed by atoms with Crippen LogP contribution in [0.15, 0.2) is 48.5 Å². The quantitative estimate of drug-likeness (QED) is 0.221. The summed E-state index contributed by atoms with van der Waals surface area (Å²) < 4.78 is 16.0. The Kier molecular flexibility index (Phi) is 15.5. The van der Waals surface area contributed by atoms with Crippen LogP contribution in [0.2, 0.25) is 0 Å². The van der Waals surface area contributed by atoms with Crippen LogP contribution in [-0.4, -0.2) is 35.9 Å². The Bertz CT molecular complexity index is 1330. The number of carbonyl (C=O) groups is 2. The molecule has 3 unspecified atom stereocenters. The van der Waals surface area contributed by atoms with Gasteiger partial charge >= 0.3 is 11.9 Å². The molecule has 2 aromatic carbocycles. The van der Waals surface area contributed by atoms with Crippen LogP contribution >= 0.6 is 0 Å². The Balaban J connectivity index is 0.000000217. The number of hydrogen-bond acceptors (Lipinski definition) is 6. The largest absolute Gasteiger partial charge is 0.508 e. The van der Waals surface area contributed by atoms with Crippen molar-refractivity contribution in [3.8, 4) is 11.5 Å². The molecule has 1 N–H and O–H groups in total. The lowest BCUT2D eigenvalue weighted by molar-refractivity contribution is -0.157. The van der Waals surface area contributed by atoms with E-state index in [4.69, 9.17) is 19.3 Å². The Hall–Kier alpha value is -3.02. The van der Waals surface area contributed by atoms with Crippen LogP contribution in [0.5, 0.6) is 11.5 Å². The van der Waals surface area contributed by atoms with Gasteiger partial charge in [0.1, 0.15) is 17.1 Å². The first kappa shape index (κ1) is 42.4. The summed E-state index contributed by atoms with van der Waals surface area (Å²) in [4.78, 5) is 22.7. The van der Waals surface area contributed by atoms with E-state index in [1.54, 1.807) is 12.1 Å². The zero-order chi connectivity index (χ0) is 38.0. The van der Waals surface area contributed by atoms with Gasteiger partial charge in [-0.05, 0) is 155 Å². The van der Waals surface area contributed by atoms with Gasteiger partial charge in [-0.25, -0.2) is 4.79 Å². The van der Waals surface area contributed by atoms with Gasteiger partial charge in [0, 0.05) is 12.3 Å². The third kappa shape index (κ3) is 12.9. The average molecular weight is 707 g/mol. The van der Waals surface area contributed by atoms with Crippen molar-refractivity contribution in [2.24, 2.45) is 34.5 Å². The molecule has 6 nitrogen and oxygen atoms in total. The van der Waals surface area contributed by atoms with E-state index in [1.807, 2.05) is 57.2 Å². The van der Waals surface area contributed by atoms with Gasteiger partial charge in [-0.1, -0.05) is 72.7 Å². The number of phenolic OH excluding ortho intramolecular Hbond substituents is 1. The third-order valence-electron chi connectivity index (χ3n) is 12.2. The second-order valence-corrected chi connectivity index (χ2v) is 17.6. The topological polar surface area (TPSA) is 82.1 Å². The van der Waals surface area contributed by atoms with Crippen molar-refractivity contribution in [3.05, 3.63) is 59.7 Å². The van der Waals surface area contributed by atoms with E-state index in [0.29, 0.717) is 35.4 Å². The van der Waals surface area contributed by atoms with Gasteiger partial charge in [0.05, 0.1) is 6.61 Å². The number of rotatable bonds is 12. The van der Waals surface area contributed by atoms with E-state index in [9.17, 15) is 9.59 Å². The summed E-state index contributed by atoms with van der Waals surface area (Å²) in [5, 5.41) is 9.01. The number of aromatic hydroxyl groups is 1. The normalized spacial score (nSPS) is 25.5. The molecule has 3 atom stereocenters. The zero-order valence-electron chi connectivity index (χ0n) is 33.8. The number of ether oxygens (including phenoxy) is 3. The molecule has 0 heterocycles. The van der Waals surface area contributed by atoms with Crippen LogP contribution in [0, 0.1) is 34.5 Å².